The van der Waals surface area contributed by atoms with Gasteiger partial charge in [0.05, 0.1) is 6.61 Å². The van der Waals surface area contributed by atoms with Gasteiger partial charge in [-0.05, 0) is 30.7 Å². The number of carbonyl (C=O) groups is 1. The van der Waals surface area contributed by atoms with Crippen LogP contribution in [0.25, 0.3) is 6.08 Å². The maximum Gasteiger partial charge on any atom is 0.573 e. The summed E-state index contributed by atoms with van der Waals surface area (Å²) in [6.07, 6.45) is -2.69. The lowest BCUT2D eigenvalue weighted by Gasteiger charge is -2.09. The van der Waals surface area contributed by atoms with E-state index < -0.39 is 23.9 Å². The van der Waals surface area contributed by atoms with E-state index in [-0.39, 0.29) is 12.2 Å². The minimum atomic E-state index is -4.96. The molecule has 0 atom stereocenters. The second-order valence-electron chi connectivity index (χ2n) is 3.32. The summed E-state index contributed by atoms with van der Waals surface area (Å²) >= 11 is 0. The Kier molecular flexibility index (Phi) is 4.91. The van der Waals surface area contributed by atoms with Gasteiger partial charge in [0.25, 0.3) is 0 Å². The van der Waals surface area contributed by atoms with Crippen LogP contribution in [-0.2, 0) is 9.53 Å². The molecule has 0 fully saturated rings. The van der Waals surface area contributed by atoms with Gasteiger partial charge in [0.1, 0.15) is 0 Å². The Bertz CT molecular complexity index is 480. The number of halogens is 4. The van der Waals surface area contributed by atoms with Crippen LogP contribution in [0.4, 0.5) is 17.6 Å². The average Bonchev–Trinajstić information content (AvgIpc) is 2.28. The molecular formula is C12H10F4O3. The van der Waals surface area contributed by atoms with E-state index in [2.05, 4.69) is 9.47 Å². The Balaban J connectivity index is 2.80. The average molecular weight is 278 g/mol. The fraction of sp³-hybridized carbons (Fsp3) is 0.250. The molecule has 0 aliphatic rings. The molecule has 0 saturated carbocycles. The van der Waals surface area contributed by atoms with E-state index in [9.17, 15) is 22.4 Å². The third-order valence-corrected chi connectivity index (χ3v) is 1.88. The third-order valence-electron chi connectivity index (χ3n) is 1.88. The number of benzene rings is 1. The number of hydrogen-bond donors (Lipinski definition) is 0. The second kappa shape index (κ2) is 6.21. The van der Waals surface area contributed by atoms with Crippen LogP contribution in [0.2, 0.25) is 0 Å². The second-order valence-corrected chi connectivity index (χ2v) is 3.32. The van der Waals surface area contributed by atoms with Gasteiger partial charge in [0.2, 0.25) is 0 Å². The van der Waals surface area contributed by atoms with Gasteiger partial charge in [-0.25, -0.2) is 9.18 Å². The Morgan fingerprint density at radius 2 is 2.05 bits per heavy atom. The number of ether oxygens (including phenoxy) is 2. The van der Waals surface area contributed by atoms with Crippen LogP contribution in [-0.4, -0.2) is 18.9 Å². The van der Waals surface area contributed by atoms with Gasteiger partial charge in [-0.1, -0.05) is 6.07 Å². The van der Waals surface area contributed by atoms with Crippen molar-refractivity contribution in [2.75, 3.05) is 6.61 Å². The number of carbonyl (C=O) groups excluding carboxylic acids is 1. The molecule has 0 heterocycles. The van der Waals surface area contributed by atoms with Crippen molar-refractivity contribution in [1.29, 1.82) is 0 Å². The highest BCUT2D eigenvalue weighted by molar-refractivity contribution is 5.87. The van der Waals surface area contributed by atoms with Gasteiger partial charge >= 0.3 is 12.3 Å². The highest BCUT2D eigenvalue weighted by Crippen LogP contribution is 2.26. The summed E-state index contributed by atoms with van der Waals surface area (Å²) in [5.74, 6) is -2.73. The lowest BCUT2D eigenvalue weighted by Crippen LogP contribution is -2.17. The number of hydrogen-bond acceptors (Lipinski definition) is 3. The summed E-state index contributed by atoms with van der Waals surface area (Å²) in [5.41, 5.74) is 0.208. The van der Waals surface area contributed by atoms with Crippen molar-refractivity contribution in [3.63, 3.8) is 0 Å². The molecule has 104 valence electrons. The minimum absolute atomic E-state index is 0.190. The maximum absolute atomic E-state index is 13.3. The quantitative estimate of drug-likeness (QED) is 0.481. The van der Waals surface area contributed by atoms with Crippen LogP contribution in [0, 0.1) is 5.82 Å². The van der Waals surface area contributed by atoms with Crippen LogP contribution in [0.5, 0.6) is 5.75 Å². The monoisotopic (exact) mass is 278 g/mol. The Labute approximate surface area is 106 Å². The first-order valence-electron chi connectivity index (χ1n) is 5.22. The molecular weight excluding hydrogens is 268 g/mol. The topological polar surface area (TPSA) is 35.5 Å². The molecule has 0 spiro atoms. The molecule has 0 radical (unpaired) electrons. The summed E-state index contributed by atoms with van der Waals surface area (Å²) in [6.45, 7) is 1.81. The van der Waals surface area contributed by atoms with E-state index in [0.717, 1.165) is 18.2 Å². The Morgan fingerprint density at radius 3 is 2.58 bits per heavy atom. The van der Waals surface area contributed by atoms with Gasteiger partial charge in [0.15, 0.2) is 11.6 Å². The zero-order valence-corrected chi connectivity index (χ0v) is 9.83. The summed E-state index contributed by atoms with van der Waals surface area (Å²) in [4.78, 5) is 11.0. The van der Waals surface area contributed by atoms with E-state index in [1.54, 1.807) is 6.92 Å². The summed E-state index contributed by atoms with van der Waals surface area (Å²) < 4.78 is 57.0. The van der Waals surface area contributed by atoms with Crippen molar-refractivity contribution >= 4 is 12.0 Å². The van der Waals surface area contributed by atoms with Crippen LogP contribution < -0.4 is 4.74 Å². The van der Waals surface area contributed by atoms with E-state index >= 15 is 0 Å². The van der Waals surface area contributed by atoms with Crippen molar-refractivity contribution in [2.24, 2.45) is 0 Å². The van der Waals surface area contributed by atoms with Crippen molar-refractivity contribution in [2.45, 2.75) is 13.3 Å². The van der Waals surface area contributed by atoms with E-state index in [1.165, 1.54) is 12.1 Å². The van der Waals surface area contributed by atoms with Gasteiger partial charge in [-0.3, -0.25) is 0 Å². The maximum atomic E-state index is 13.3. The molecule has 0 aromatic heterocycles. The first-order valence-corrected chi connectivity index (χ1v) is 5.22. The molecule has 1 aromatic carbocycles. The molecule has 0 saturated heterocycles. The molecule has 3 nitrogen and oxygen atoms in total. The SMILES string of the molecule is CCOC(=O)/C=C\c1ccc(OC(F)(F)F)c(F)c1. The predicted octanol–water partition coefficient (Wildman–Crippen LogP) is 3.30. The lowest BCUT2D eigenvalue weighted by atomic mass is 10.2. The minimum Gasteiger partial charge on any atom is -0.463 e. The molecule has 1 aromatic rings. The van der Waals surface area contributed by atoms with Crippen molar-refractivity contribution < 1.29 is 31.8 Å². The number of alkyl halides is 3. The highest BCUT2D eigenvalue weighted by Gasteiger charge is 2.32. The van der Waals surface area contributed by atoms with Crippen molar-refractivity contribution in [3.8, 4) is 5.75 Å². The molecule has 0 unspecified atom stereocenters. The summed E-state index contributed by atoms with van der Waals surface area (Å²) in [6, 6.07) is 2.82. The molecule has 0 aliphatic heterocycles. The lowest BCUT2D eigenvalue weighted by molar-refractivity contribution is -0.275. The molecule has 0 bridgehead atoms. The Morgan fingerprint density at radius 1 is 1.37 bits per heavy atom. The molecule has 0 amide bonds. The fourth-order valence-electron chi connectivity index (χ4n) is 1.18. The number of esters is 1. The van der Waals surface area contributed by atoms with Crippen molar-refractivity contribution in [1.82, 2.24) is 0 Å². The zero-order valence-electron chi connectivity index (χ0n) is 9.83. The third kappa shape index (κ3) is 5.41. The molecule has 7 heteroatoms. The van der Waals surface area contributed by atoms with Crippen molar-refractivity contribution in [3.05, 3.63) is 35.7 Å². The number of rotatable bonds is 4. The standard InChI is InChI=1S/C12H10F4O3/c1-2-18-11(17)6-4-8-3-5-10(9(13)7-8)19-12(14,15)16/h3-7H,2H2,1H3/b6-4-. The summed E-state index contributed by atoms with van der Waals surface area (Å²) in [5, 5.41) is 0. The summed E-state index contributed by atoms with van der Waals surface area (Å²) in [7, 11) is 0. The molecule has 0 aliphatic carbocycles. The van der Waals surface area contributed by atoms with Gasteiger partial charge < -0.3 is 9.47 Å². The highest BCUT2D eigenvalue weighted by atomic mass is 19.4. The zero-order chi connectivity index (χ0) is 14.5. The van der Waals surface area contributed by atoms with Crippen LogP contribution in [0.3, 0.4) is 0 Å². The van der Waals surface area contributed by atoms with Crippen LogP contribution in [0.15, 0.2) is 24.3 Å². The van der Waals surface area contributed by atoms with Gasteiger partial charge in [0, 0.05) is 6.08 Å². The predicted molar refractivity (Wildman–Crippen MR) is 58.8 cm³/mol. The van der Waals surface area contributed by atoms with Crippen LogP contribution >= 0.6 is 0 Å². The van der Waals surface area contributed by atoms with Gasteiger partial charge in [-0.2, -0.15) is 0 Å². The van der Waals surface area contributed by atoms with E-state index in [1.807, 2.05) is 0 Å². The van der Waals surface area contributed by atoms with Gasteiger partial charge in [-0.15, -0.1) is 13.2 Å². The van der Waals surface area contributed by atoms with E-state index in [0.29, 0.717) is 0 Å². The largest absolute Gasteiger partial charge is 0.573 e. The smallest absolute Gasteiger partial charge is 0.463 e. The van der Waals surface area contributed by atoms with E-state index in [4.69, 9.17) is 0 Å². The fourth-order valence-corrected chi connectivity index (χ4v) is 1.18. The Hall–Kier alpha value is -2.05. The first kappa shape index (κ1) is 15.0. The first-order chi connectivity index (χ1) is 8.81. The molecule has 1 rings (SSSR count). The van der Waals surface area contributed by atoms with Crippen LogP contribution in [0.1, 0.15) is 12.5 Å². The molecule has 19 heavy (non-hydrogen) atoms. The molecule has 0 N–H and O–H groups in total. The normalized spacial score (nSPS) is 11.6.